The van der Waals surface area contributed by atoms with Gasteiger partial charge < -0.3 is 4.42 Å². The Balaban J connectivity index is 1.83. The molecule has 0 unspecified atom stereocenters. The van der Waals surface area contributed by atoms with E-state index in [9.17, 15) is 14.9 Å². The number of nitro groups is 1. The average Bonchev–Trinajstić information content (AvgIpc) is 3.08. The highest BCUT2D eigenvalue weighted by atomic mass is 16.6. The third-order valence-electron chi connectivity index (χ3n) is 3.69. The van der Waals surface area contributed by atoms with Crippen LogP contribution in [0.4, 0.5) is 5.88 Å². The fraction of sp³-hybridized carbons (Fsp3) is 0.333. The number of hydrogen-bond donors (Lipinski definition) is 1. The van der Waals surface area contributed by atoms with Crippen LogP contribution in [0.5, 0.6) is 0 Å². The molecule has 0 spiro atoms. The van der Waals surface area contributed by atoms with Crippen molar-refractivity contribution in [2.24, 2.45) is 5.10 Å². The largest absolute Gasteiger partial charge is 0.433 e. The summed E-state index contributed by atoms with van der Waals surface area (Å²) in [6.45, 7) is 2.18. The predicted molar refractivity (Wildman–Crippen MR) is 94.7 cm³/mol. The molecule has 0 aliphatic heterocycles. The number of nitrogens with one attached hydrogen (secondary N) is 1. The Hall–Kier alpha value is -2.96. The summed E-state index contributed by atoms with van der Waals surface area (Å²) in [7, 11) is 0. The van der Waals surface area contributed by atoms with Gasteiger partial charge >= 0.3 is 5.88 Å². The molecule has 0 saturated carbocycles. The van der Waals surface area contributed by atoms with Crippen molar-refractivity contribution in [2.45, 2.75) is 39.0 Å². The molecule has 1 amide bonds. The molecule has 7 heteroatoms. The van der Waals surface area contributed by atoms with E-state index in [-0.39, 0.29) is 17.6 Å². The first kappa shape index (κ1) is 18.4. The number of hydrogen-bond acceptors (Lipinski definition) is 5. The fourth-order valence-corrected chi connectivity index (χ4v) is 2.31. The van der Waals surface area contributed by atoms with Gasteiger partial charge in [0.25, 0.3) is 5.91 Å². The smallest absolute Gasteiger partial charge is 0.400 e. The van der Waals surface area contributed by atoms with Gasteiger partial charge in [0.1, 0.15) is 4.92 Å². The maximum atomic E-state index is 12.0. The van der Waals surface area contributed by atoms with Crippen LogP contribution >= 0.6 is 0 Å². The Bertz CT molecular complexity index is 735. The zero-order valence-electron chi connectivity index (χ0n) is 14.1. The highest BCUT2D eigenvalue weighted by molar-refractivity contribution is 5.94. The first-order valence-corrected chi connectivity index (χ1v) is 8.26. The number of furan rings is 1. The highest BCUT2D eigenvalue weighted by Crippen LogP contribution is 2.14. The van der Waals surface area contributed by atoms with E-state index in [4.69, 9.17) is 4.42 Å². The summed E-state index contributed by atoms with van der Waals surface area (Å²) in [5, 5.41) is 14.2. The highest BCUT2D eigenvalue weighted by Gasteiger charge is 2.10. The third-order valence-corrected chi connectivity index (χ3v) is 3.69. The van der Waals surface area contributed by atoms with E-state index in [2.05, 4.69) is 17.5 Å². The minimum atomic E-state index is -0.639. The number of hydrazone groups is 1. The predicted octanol–water partition coefficient (Wildman–Crippen LogP) is 4.07. The zero-order valence-corrected chi connectivity index (χ0v) is 14.1. The number of unbranched alkanes of at least 4 members (excludes halogenated alkanes) is 3. The standard InChI is InChI=1S/C18H21N3O4/c1-2-3-4-5-6-14-7-9-15(10-8-14)18(22)20-19-13-16-11-12-17(25-16)21(23)24/h7-13H,2-6H2,1H3,(H,20,22)/b19-13+. The number of carbonyl (C=O) groups is 1. The second kappa shape index (κ2) is 9.36. The van der Waals surface area contributed by atoms with Crippen LogP contribution in [0.25, 0.3) is 0 Å². The van der Waals surface area contributed by atoms with E-state index in [1.54, 1.807) is 12.1 Å². The molecule has 0 fully saturated rings. The van der Waals surface area contributed by atoms with Crippen molar-refractivity contribution in [2.75, 3.05) is 0 Å². The molecule has 1 aromatic carbocycles. The van der Waals surface area contributed by atoms with Crippen molar-refractivity contribution in [3.05, 3.63) is 63.4 Å². The van der Waals surface area contributed by atoms with Gasteiger partial charge in [0.15, 0.2) is 5.76 Å². The van der Waals surface area contributed by atoms with Gasteiger partial charge in [0.05, 0.1) is 12.3 Å². The van der Waals surface area contributed by atoms with Crippen molar-refractivity contribution in [3.63, 3.8) is 0 Å². The molecule has 0 radical (unpaired) electrons. The van der Waals surface area contributed by atoms with E-state index >= 15 is 0 Å². The van der Waals surface area contributed by atoms with Crippen LogP contribution in [0, 0.1) is 10.1 Å². The van der Waals surface area contributed by atoms with Gasteiger partial charge in [-0.05, 0) is 36.6 Å². The lowest BCUT2D eigenvalue weighted by atomic mass is 10.0. The van der Waals surface area contributed by atoms with Crippen LogP contribution in [0.15, 0.2) is 45.9 Å². The van der Waals surface area contributed by atoms with Gasteiger partial charge in [-0.15, -0.1) is 0 Å². The Labute approximate surface area is 145 Å². The van der Waals surface area contributed by atoms with Crippen LogP contribution in [-0.2, 0) is 6.42 Å². The maximum absolute atomic E-state index is 12.0. The van der Waals surface area contributed by atoms with Crippen LogP contribution in [0.2, 0.25) is 0 Å². The van der Waals surface area contributed by atoms with E-state index in [1.807, 2.05) is 12.1 Å². The molecular weight excluding hydrogens is 322 g/mol. The van der Waals surface area contributed by atoms with E-state index in [0.717, 1.165) is 12.8 Å². The third kappa shape index (κ3) is 5.87. The van der Waals surface area contributed by atoms with Crippen LogP contribution < -0.4 is 5.43 Å². The summed E-state index contributed by atoms with van der Waals surface area (Å²) in [6.07, 6.45) is 7.06. The van der Waals surface area contributed by atoms with Crippen molar-refractivity contribution in [1.82, 2.24) is 5.43 Å². The number of nitrogens with zero attached hydrogens (tertiary/aromatic N) is 2. The van der Waals surface area contributed by atoms with E-state index < -0.39 is 4.92 Å². The number of aryl methyl sites for hydroxylation is 1. The second-order valence-electron chi connectivity index (χ2n) is 5.64. The summed E-state index contributed by atoms with van der Waals surface area (Å²) < 4.78 is 4.90. The lowest BCUT2D eigenvalue weighted by Gasteiger charge is -2.03. The molecule has 0 aliphatic carbocycles. The Morgan fingerprint density at radius 1 is 1.20 bits per heavy atom. The van der Waals surface area contributed by atoms with Crippen LogP contribution in [-0.4, -0.2) is 17.0 Å². The van der Waals surface area contributed by atoms with Gasteiger partial charge in [-0.2, -0.15) is 5.10 Å². The lowest BCUT2D eigenvalue weighted by molar-refractivity contribution is -0.402. The first-order valence-electron chi connectivity index (χ1n) is 8.26. The molecule has 2 rings (SSSR count). The molecule has 132 valence electrons. The van der Waals surface area contributed by atoms with Crippen LogP contribution in [0.3, 0.4) is 0 Å². The minimum Gasteiger partial charge on any atom is -0.400 e. The Morgan fingerprint density at radius 3 is 2.60 bits per heavy atom. The fourth-order valence-electron chi connectivity index (χ4n) is 2.31. The quantitative estimate of drug-likeness (QED) is 0.321. The van der Waals surface area contributed by atoms with Crippen molar-refractivity contribution >= 4 is 18.0 Å². The molecular formula is C18H21N3O4. The van der Waals surface area contributed by atoms with Crippen molar-refractivity contribution in [3.8, 4) is 0 Å². The molecule has 0 atom stereocenters. The van der Waals surface area contributed by atoms with Gasteiger partial charge in [-0.1, -0.05) is 38.3 Å². The number of benzene rings is 1. The minimum absolute atomic E-state index is 0.189. The van der Waals surface area contributed by atoms with Crippen molar-refractivity contribution < 1.29 is 14.1 Å². The Kier molecular flexibility index (Phi) is 6.88. The normalized spacial score (nSPS) is 10.9. The molecule has 0 bridgehead atoms. The lowest BCUT2D eigenvalue weighted by Crippen LogP contribution is -2.17. The molecule has 7 nitrogen and oxygen atoms in total. The molecule has 25 heavy (non-hydrogen) atoms. The number of rotatable bonds is 9. The summed E-state index contributed by atoms with van der Waals surface area (Å²) in [4.78, 5) is 21.9. The molecule has 0 saturated heterocycles. The topological polar surface area (TPSA) is 97.7 Å². The number of carbonyl (C=O) groups excluding carboxylic acids is 1. The average molecular weight is 343 g/mol. The molecule has 1 N–H and O–H groups in total. The second-order valence-corrected chi connectivity index (χ2v) is 5.64. The van der Waals surface area contributed by atoms with E-state index in [1.165, 1.54) is 43.2 Å². The van der Waals surface area contributed by atoms with Crippen molar-refractivity contribution in [1.29, 1.82) is 0 Å². The molecule has 1 aromatic heterocycles. The molecule has 0 aliphatic rings. The first-order chi connectivity index (χ1) is 12.1. The summed E-state index contributed by atoms with van der Waals surface area (Å²) >= 11 is 0. The van der Waals surface area contributed by atoms with E-state index in [0.29, 0.717) is 5.56 Å². The number of amides is 1. The maximum Gasteiger partial charge on any atom is 0.433 e. The molecule has 2 aromatic rings. The van der Waals surface area contributed by atoms with Gasteiger partial charge in [0, 0.05) is 5.56 Å². The van der Waals surface area contributed by atoms with Gasteiger partial charge in [-0.25, -0.2) is 5.43 Å². The monoisotopic (exact) mass is 343 g/mol. The summed E-state index contributed by atoms with van der Waals surface area (Å²) in [5.74, 6) is -0.536. The van der Waals surface area contributed by atoms with Gasteiger partial charge in [-0.3, -0.25) is 14.9 Å². The Morgan fingerprint density at radius 2 is 1.96 bits per heavy atom. The zero-order chi connectivity index (χ0) is 18.1. The van der Waals surface area contributed by atoms with Crippen LogP contribution in [0.1, 0.15) is 54.3 Å². The SMILES string of the molecule is CCCCCCc1ccc(C(=O)N/N=C/c2ccc([N+](=O)[O-])o2)cc1. The summed E-state index contributed by atoms with van der Waals surface area (Å²) in [6, 6.07) is 10.0. The molecule has 1 heterocycles. The summed E-state index contributed by atoms with van der Waals surface area (Å²) in [5.41, 5.74) is 4.07. The van der Waals surface area contributed by atoms with Gasteiger partial charge in [0.2, 0.25) is 0 Å².